The molecule has 6 rings (SSSR count). The lowest BCUT2D eigenvalue weighted by Gasteiger charge is -2.42. The van der Waals surface area contributed by atoms with Gasteiger partial charge in [-0.05, 0) is 102 Å². The second-order valence-electron chi connectivity index (χ2n) is 14.5. The maximum atomic E-state index is 13.4. The van der Waals surface area contributed by atoms with Gasteiger partial charge in [-0.25, -0.2) is 0 Å². The van der Waals surface area contributed by atoms with Gasteiger partial charge in [-0.15, -0.1) is 0 Å². The van der Waals surface area contributed by atoms with Crippen molar-refractivity contribution in [1.82, 2.24) is 25.4 Å². The molecule has 1 atom stereocenters. The van der Waals surface area contributed by atoms with E-state index in [2.05, 4.69) is 45.3 Å². The van der Waals surface area contributed by atoms with Gasteiger partial charge in [-0.1, -0.05) is 6.07 Å². The number of amides is 4. The number of hydrogen-bond donors (Lipinski definition) is 2. The van der Waals surface area contributed by atoms with Crippen LogP contribution in [-0.4, -0.2) is 128 Å². The fraction of sp³-hybridized carbons (Fsp3) is 0.381. The Morgan fingerprint density at radius 3 is 2.36 bits per heavy atom. The van der Waals surface area contributed by atoms with Crippen LogP contribution in [0.25, 0.3) is 10.9 Å². The van der Waals surface area contributed by atoms with Crippen LogP contribution >= 0.6 is 22.6 Å². The van der Waals surface area contributed by atoms with Crippen molar-refractivity contribution in [2.75, 3.05) is 73.7 Å². The fourth-order valence-electron chi connectivity index (χ4n) is 7.30. The zero-order valence-corrected chi connectivity index (χ0v) is 37.1. The minimum atomic E-state index is -0.913. The van der Waals surface area contributed by atoms with Crippen LogP contribution in [0.5, 0.6) is 17.2 Å². The number of Topliss-reactive ketones (excluding diaryl/α,β-unsaturated/α-hetero) is 1. The van der Waals surface area contributed by atoms with Gasteiger partial charge in [-0.2, -0.15) is 0 Å². The highest BCUT2D eigenvalue weighted by Crippen LogP contribution is 2.28. The summed E-state index contributed by atoms with van der Waals surface area (Å²) in [6.45, 7) is 4.56. The molecular weight excluding hydrogens is 970 g/mol. The molecule has 2 aliphatic rings. The Kier molecular flexibility index (Phi) is 15.7. The molecule has 14 nitrogen and oxygen atoms in total. The number of aromatic nitrogens is 1. The maximum Gasteiger partial charge on any atom is 0.289 e. The van der Waals surface area contributed by atoms with Crippen molar-refractivity contribution >= 4 is 62.9 Å². The van der Waals surface area contributed by atoms with E-state index in [0.717, 1.165) is 39.7 Å². The number of benzene rings is 3. The first-order valence-corrected chi connectivity index (χ1v) is 20.1. The Labute approximate surface area is 368 Å². The van der Waals surface area contributed by atoms with E-state index in [1.165, 1.54) is 25.3 Å². The largest absolute Gasteiger partial charge is 1.00 e. The Hall–Kier alpha value is -4.56. The minimum absolute atomic E-state index is 0. The number of fused-ring (bicyclic) bond motifs is 1. The summed E-state index contributed by atoms with van der Waals surface area (Å²) in [6, 6.07) is 18.9. The number of halogens is 2. The quantitative estimate of drug-likeness (QED) is 0.0764. The van der Waals surface area contributed by atoms with Gasteiger partial charge in [0.1, 0.15) is 11.8 Å². The Morgan fingerprint density at radius 2 is 1.64 bits per heavy atom. The molecule has 0 spiro atoms. The summed E-state index contributed by atoms with van der Waals surface area (Å²) in [7, 11) is 5.25. The number of likely N-dealkylation sites (tertiary alicyclic amines) is 1. The van der Waals surface area contributed by atoms with Gasteiger partial charge in [-0.3, -0.25) is 29.0 Å². The summed E-state index contributed by atoms with van der Waals surface area (Å²) in [5.41, 5.74) is 2.36. The average Bonchev–Trinajstić information content (AvgIpc) is 3.73. The molecule has 16 heteroatoms. The van der Waals surface area contributed by atoms with Crippen LogP contribution in [0.2, 0.25) is 0 Å². The first-order chi connectivity index (χ1) is 27.5. The number of rotatable bonds is 15. The number of nitrogens with zero attached hydrogens (tertiary/aromatic N) is 4. The van der Waals surface area contributed by atoms with Crippen LogP contribution in [-0.2, 0) is 20.9 Å². The molecule has 2 N–H and O–H groups in total. The smallest absolute Gasteiger partial charge is 0.289 e. The highest BCUT2D eigenvalue weighted by molar-refractivity contribution is 14.1. The zero-order chi connectivity index (χ0) is 40.5. The zero-order valence-electron chi connectivity index (χ0n) is 32.8. The van der Waals surface area contributed by atoms with Crippen molar-refractivity contribution in [3.8, 4) is 17.2 Å². The van der Waals surface area contributed by atoms with E-state index in [1.54, 1.807) is 36.4 Å². The van der Waals surface area contributed by atoms with Crippen LogP contribution in [0.1, 0.15) is 45.5 Å². The van der Waals surface area contributed by atoms with Crippen molar-refractivity contribution in [1.29, 1.82) is 0 Å². The van der Waals surface area contributed by atoms with Crippen molar-refractivity contribution in [2.24, 2.45) is 0 Å². The third-order valence-electron chi connectivity index (χ3n) is 10.7. The topological polar surface area (TPSA) is 156 Å². The van der Waals surface area contributed by atoms with Gasteiger partial charge in [0, 0.05) is 40.2 Å². The molecule has 2 aliphatic heterocycles. The van der Waals surface area contributed by atoms with Crippen molar-refractivity contribution in [2.45, 2.75) is 31.8 Å². The summed E-state index contributed by atoms with van der Waals surface area (Å²) in [5, 5.41) is 5.91. The number of carbonyl (C=O) groups is 5. The van der Waals surface area contributed by atoms with E-state index >= 15 is 0 Å². The van der Waals surface area contributed by atoms with Gasteiger partial charge < -0.3 is 63.1 Å². The summed E-state index contributed by atoms with van der Waals surface area (Å²) in [4.78, 5) is 73.4. The van der Waals surface area contributed by atoms with E-state index in [0.29, 0.717) is 78.4 Å². The number of hydrogen-bond acceptors (Lipinski definition) is 9. The number of nitrogens with one attached hydrogen (secondary N) is 2. The van der Waals surface area contributed by atoms with Crippen LogP contribution in [0.15, 0.2) is 72.9 Å². The van der Waals surface area contributed by atoms with E-state index in [1.807, 2.05) is 35.2 Å². The van der Waals surface area contributed by atoms with Gasteiger partial charge in [0.2, 0.25) is 11.7 Å². The molecule has 0 saturated carbocycles. The monoisotopic (exact) mass is 1020 g/mol. The number of likely N-dealkylation sites (N-methyl/N-ethyl adjacent to an activating group) is 1. The molecule has 0 radical (unpaired) electrons. The van der Waals surface area contributed by atoms with Crippen LogP contribution in [0.3, 0.4) is 0 Å². The molecule has 0 aliphatic carbocycles. The molecule has 4 amide bonds. The standard InChI is InChI=1S/C42H47IN6O8.HI/c1-49(21-18-47(19-22-49)42(54)29-8-10-30(43)11-9-29)20-5-23-57-31-12-13-34-33(25-31)32(15-16-44-34)40(52)46-27-38(50)48-17-4-6-35(48)39(51)41(53)45-26-28-7-14-36(55-2)37(24-28)56-3;/h7-16,24-25,35H,4-6,17-23,26-27H2,1-3H3,(H-,45,46,52,53);1H/t35-;/m0./s1. The van der Waals surface area contributed by atoms with Crippen LogP contribution in [0.4, 0.5) is 0 Å². The lowest BCUT2D eigenvalue weighted by atomic mass is 10.1. The summed E-state index contributed by atoms with van der Waals surface area (Å²) in [6.07, 6.45) is 3.25. The number of ketones is 1. The molecule has 3 aromatic carbocycles. The predicted molar refractivity (Wildman–Crippen MR) is 221 cm³/mol. The third kappa shape index (κ3) is 10.9. The number of ether oxygens (including phenoxy) is 3. The first-order valence-electron chi connectivity index (χ1n) is 19.0. The second kappa shape index (κ2) is 20.4. The van der Waals surface area contributed by atoms with Crippen molar-refractivity contribution in [3.63, 3.8) is 0 Å². The minimum Gasteiger partial charge on any atom is -1.00 e. The molecule has 0 unspecified atom stereocenters. The van der Waals surface area contributed by atoms with Crippen LogP contribution < -0.4 is 48.8 Å². The lowest BCUT2D eigenvalue weighted by Crippen LogP contribution is -3.00. The van der Waals surface area contributed by atoms with Gasteiger partial charge >= 0.3 is 0 Å². The second-order valence-corrected chi connectivity index (χ2v) is 15.7. The number of methoxy groups -OCH3 is 2. The summed E-state index contributed by atoms with van der Waals surface area (Å²) in [5.74, 6) is -0.714. The third-order valence-corrected chi connectivity index (χ3v) is 11.4. The summed E-state index contributed by atoms with van der Waals surface area (Å²) >= 11 is 2.24. The van der Waals surface area contributed by atoms with E-state index in [-0.39, 0.29) is 43.0 Å². The molecule has 3 heterocycles. The Morgan fingerprint density at radius 1 is 0.897 bits per heavy atom. The number of pyridine rings is 1. The van der Waals surface area contributed by atoms with Crippen LogP contribution in [0, 0.1) is 3.57 Å². The van der Waals surface area contributed by atoms with Crippen molar-refractivity contribution in [3.05, 3.63) is 93.2 Å². The molecule has 4 aromatic rings. The Bertz CT molecular complexity index is 2130. The number of piperazine rings is 1. The molecule has 2 fully saturated rings. The molecule has 58 heavy (non-hydrogen) atoms. The first kappa shape index (κ1) is 44.5. The van der Waals surface area contributed by atoms with E-state index < -0.39 is 29.5 Å². The normalized spacial score (nSPS) is 15.9. The van der Waals surface area contributed by atoms with E-state index in [4.69, 9.17) is 14.2 Å². The molecule has 308 valence electrons. The van der Waals surface area contributed by atoms with E-state index in [9.17, 15) is 24.0 Å². The average molecular weight is 1020 g/mol. The molecule has 2 saturated heterocycles. The highest BCUT2D eigenvalue weighted by atomic mass is 127. The number of quaternary nitrogens is 1. The molecule has 0 bridgehead atoms. The SMILES string of the molecule is COc1ccc(CNC(=O)C(=O)[C@@H]2CCCN2C(=O)CNC(=O)c2ccnc3ccc(OCCC[N+]4(C)CCN(C(=O)c5ccc(I)cc5)CC4)cc23)cc1OC.[I-]. The van der Waals surface area contributed by atoms with Gasteiger partial charge in [0.15, 0.2) is 11.5 Å². The summed E-state index contributed by atoms with van der Waals surface area (Å²) < 4.78 is 18.6. The molecule has 1 aromatic heterocycles. The highest BCUT2D eigenvalue weighted by Gasteiger charge is 2.37. The lowest BCUT2D eigenvalue weighted by molar-refractivity contribution is -0.913. The maximum absolute atomic E-state index is 13.4. The Balaban J connectivity index is 0.00000641. The predicted octanol–water partition coefficient (Wildman–Crippen LogP) is 0.838. The van der Waals surface area contributed by atoms with Gasteiger partial charge in [0.25, 0.3) is 17.7 Å². The fourth-order valence-corrected chi connectivity index (χ4v) is 7.66. The number of carbonyl (C=O) groups excluding carboxylic acids is 5. The van der Waals surface area contributed by atoms with Gasteiger partial charge in [0.05, 0.1) is 78.2 Å². The molecular formula is C42H48I2N6O8. The van der Waals surface area contributed by atoms with Crippen molar-refractivity contribution < 1.29 is 66.6 Å².